The number of carbonyl (C=O) groups is 1. The lowest BCUT2D eigenvalue weighted by Gasteiger charge is -2.06. The summed E-state index contributed by atoms with van der Waals surface area (Å²) in [7, 11) is 0. The molecule has 2 nitrogen and oxygen atoms in total. The highest BCUT2D eigenvalue weighted by molar-refractivity contribution is 7.99. The first-order chi connectivity index (χ1) is 9.16. The van der Waals surface area contributed by atoms with Crippen LogP contribution in [0.3, 0.4) is 0 Å². The van der Waals surface area contributed by atoms with E-state index in [0.29, 0.717) is 6.42 Å². The summed E-state index contributed by atoms with van der Waals surface area (Å²) in [5, 5.41) is 8.47. The number of aliphatic carboxylic acids is 1. The van der Waals surface area contributed by atoms with Crippen LogP contribution in [0.1, 0.15) is 71.1 Å². The zero-order valence-corrected chi connectivity index (χ0v) is 13.0. The van der Waals surface area contributed by atoms with Crippen LogP contribution in [0.2, 0.25) is 0 Å². The van der Waals surface area contributed by atoms with Crippen LogP contribution in [0.25, 0.3) is 0 Å². The molecular formula is C15H29FO2S. The molecule has 0 bridgehead atoms. The third kappa shape index (κ3) is 15.7. The molecule has 0 spiro atoms. The molecule has 0 fully saturated rings. The van der Waals surface area contributed by atoms with Gasteiger partial charge in [0.15, 0.2) is 0 Å². The Kier molecular flexibility index (Phi) is 14.0. The molecular weight excluding hydrogens is 263 g/mol. The maximum atomic E-state index is 13.2. The third-order valence-corrected chi connectivity index (χ3v) is 4.19. The Morgan fingerprint density at radius 3 is 2.32 bits per heavy atom. The van der Waals surface area contributed by atoms with Crippen LogP contribution in [0.15, 0.2) is 0 Å². The highest BCUT2D eigenvalue weighted by atomic mass is 32.2. The van der Waals surface area contributed by atoms with Crippen molar-refractivity contribution >= 4 is 17.7 Å². The zero-order chi connectivity index (χ0) is 14.3. The Labute approximate surface area is 121 Å². The Morgan fingerprint density at radius 2 is 1.68 bits per heavy atom. The fourth-order valence-corrected chi connectivity index (χ4v) is 2.93. The van der Waals surface area contributed by atoms with E-state index < -0.39 is 12.1 Å². The molecule has 0 heterocycles. The molecule has 0 aliphatic heterocycles. The average Bonchev–Trinajstić information content (AvgIpc) is 2.36. The van der Waals surface area contributed by atoms with Gasteiger partial charge >= 0.3 is 5.97 Å². The van der Waals surface area contributed by atoms with Crippen molar-refractivity contribution in [3.8, 4) is 0 Å². The van der Waals surface area contributed by atoms with E-state index in [1.54, 1.807) is 11.8 Å². The average molecular weight is 292 g/mol. The Morgan fingerprint density at radius 1 is 1.05 bits per heavy atom. The molecule has 4 heteroatoms. The van der Waals surface area contributed by atoms with Gasteiger partial charge in [-0.15, -0.1) is 0 Å². The van der Waals surface area contributed by atoms with E-state index in [0.717, 1.165) is 37.2 Å². The van der Waals surface area contributed by atoms with Crippen molar-refractivity contribution in [1.82, 2.24) is 0 Å². The van der Waals surface area contributed by atoms with E-state index in [1.807, 2.05) is 6.92 Å². The van der Waals surface area contributed by atoms with Gasteiger partial charge < -0.3 is 5.11 Å². The number of carboxylic acids is 1. The van der Waals surface area contributed by atoms with Gasteiger partial charge in [-0.1, -0.05) is 45.4 Å². The Balaban J connectivity index is 3.04. The second-order valence-electron chi connectivity index (χ2n) is 5.05. The van der Waals surface area contributed by atoms with Crippen molar-refractivity contribution in [3.63, 3.8) is 0 Å². The summed E-state index contributed by atoms with van der Waals surface area (Å²) >= 11 is 1.73. The lowest BCUT2D eigenvalue weighted by Crippen LogP contribution is -1.98. The van der Waals surface area contributed by atoms with Crippen molar-refractivity contribution in [3.05, 3.63) is 0 Å². The molecule has 0 saturated carbocycles. The molecule has 114 valence electrons. The molecule has 0 aromatic carbocycles. The number of rotatable bonds is 14. The van der Waals surface area contributed by atoms with Crippen molar-refractivity contribution < 1.29 is 14.3 Å². The van der Waals surface area contributed by atoms with Gasteiger partial charge in [-0.05, 0) is 25.0 Å². The number of carboxylic acid groups (broad SMARTS) is 1. The minimum absolute atomic E-state index is 0.271. The van der Waals surface area contributed by atoms with Crippen molar-refractivity contribution in [1.29, 1.82) is 0 Å². The maximum absolute atomic E-state index is 13.2. The van der Waals surface area contributed by atoms with Crippen molar-refractivity contribution in [2.45, 2.75) is 77.3 Å². The number of thioether (sulfide) groups is 1. The summed E-state index contributed by atoms with van der Waals surface area (Å²) in [6.45, 7) is 2.03. The standard InChI is InChI=1S/C15H29FO2S/c1-2-9-14(16)10-7-5-3-4-6-8-12-19-13-11-15(17)18/h14H,2-13H2,1H3,(H,17,18). The van der Waals surface area contributed by atoms with Crippen LogP contribution in [0.4, 0.5) is 4.39 Å². The first-order valence-corrected chi connectivity index (χ1v) is 8.76. The topological polar surface area (TPSA) is 37.3 Å². The van der Waals surface area contributed by atoms with Crippen LogP contribution in [-0.4, -0.2) is 28.8 Å². The molecule has 0 amide bonds. The number of alkyl halides is 1. The summed E-state index contributed by atoms with van der Waals surface area (Å²) in [5.41, 5.74) is 0. The molecule has 0 aliphatic carbocycles. The summed E-state index contributed by atoms with van der Waals surface area (Å²) in [5.74, 6) is 1.09. The summed E-state index contributed by atoms with van der Waals surface area (Å²) in [6, 6.07) is 0. The van der Waals surface area contributed by atoms with Crippen molar-refractivity contribution in [2.75, 3.05) is 11.5 Å². The highest BCUT2D eigenvalue weighted by Gasteiger charge is 2.03. The molecule has 0 rings (SSSR count). The smallest absolute Gasteiger partial charge is 0.304 e. The molecule has 1 atom stereocenters. The number of halogens is 1. The predicted octanol–water partition coefficient (Wildman–Crippen LogP) is 5.06. The number of hydrogen-bond donors (Lipinski definition) is 1. The van der Waals surface area contributed by atoms with Gasteiger partial charge in [0.1, 0.15) is 6.17 Å². The van der Waals surface area contributed by atoms with Crippen LogP contribution in [0, 0.1) is 0 Å². The largest absolute Gasteiger partial charge is 0.481 e. The second kappa shape index (κ2) is 14.2. The minimum atomic E-state index is -0.707. The number of hydrogen-bond acceptors (Lipinski definition) is 2. The first-order valence-electron chi connectivity index (χ1n) is 7.60. The number of unbranched alkanes of at least 4 members (excludes halogenated alkanes) is 5. The summed E-state index contributed by atoms with van der Waals surface area (Å²) in [6.07, 6.45) is 9.07. The molecule has 0 aliphatic rings. The normalized spacial score (nSPS) is 12.5. The van der Waals surface area contributed by atoms with E-state index >= 15 is 0 Å². The minimum Gasteiger partial charge on any atom is -0.481 e. The predicted molar refractivity (Wildman–Crippen MR) is 81.7 cm³/mol. The van der Waals surface area contributed by atoms with Crippen molar-refractivity contribution in [2.24, 2.45) is 0 Å². The monoisotopic (exact) mass is 292 g/mol. The Bertz CT molecular complexity index is 212. The highest BCUT2D eigenvalue weighted by Crippen LogP contribution is 2.14. The summed E-state index contributed by atoms with van der Waals surface area (Å²) in [4.78, 5) is 10.3. The molecule has 0 aromatic rings. The fourth-order valence-electron chi connectivity index (χ4n) is 2.00. The molecule has 1 N–H and O–H groups in total. The van der Waals surface area contributed by atoms with Gasteiger partial charge in [-0.3, -0.25) is 4.79 Å². The van der Waals surface area contributed by atoms with Crippen LogP contribution in [-0.2, 0) is 4.79 Å². The molecule has 0 aromatic heterocycles. The summed E-state index contributed by atoms with van der Waals surface area (Å²) < 4.78 is 13.2. The fraction of sp³-hybridized carbons (Fsp3) is 0.933. The molecule has 1 unspecified atom stereocenters. The van der Waals surface area contributed by atoms with E-state index in [9.17, 15) is 9.18 Å². The van der Waals surface area contributed by atoms with Gasteiger partial charge in [0.05, 0.1) is 6.42 Å². The van der Waals surface area contributed by atoms with E-state index in [2.05, 4.69) is 0 Å². The quantitative estimate of drug-likeness (QED) is 0.454. The lowest BCUT2D eigenvalue weighted by atomic mass is 10.1. The van der Waals surface area contributed by atoms with E-state index in [1.165, 1.54) is 25.7 Å². The lowest BCUT2D eigenvalue weighted by molar-refractivity contribution is -0.136. The van der Waals surface area contributed by atoms with Gasteiger partial charge in [-0.2, -0.15) is 11.8 Å². The van der Waals surface area contributed by atoms with Gasteiger partial charge in [0.25, 0.3) is 0 Å². The van der Waals surface area contributed by atoms with E-state index in [-0.39, 0.29) is 6.42 Å². The second-order valence-corrected chi connectivity index (χ2v) is 6.28. The third-order valence-electron chi connectivity index (χ3n) is 3.12. The maximum Gasteiger partial charge on any atom is 0.304 e. The molecule has 19 heavy (non-hydrogen) atoms. The van der Waals surface area contributed by atoms with Crippen LogP contribution < -0.4 is 0 Å². The van der Waals surface area contributed by atoms with E-state index in [4.69, 9.17) is 5.11 Å². The van der Waals surface area contributed by atoms with Crippen LogP contribution >= 0.6 is 11.8 Å². The van der Waals surface area contributed by atoms with Gasteiger partial charge in [-0.25, -0.2) is 4.39 Å². The van der Waals surface area contributed by atoms with Gasteiger partial charge in [0.2, 0.25) is 0 Å². The van der Waals surface area contributed by atoms with Crippen LogP contribution in [0.5, 0.6) is 0 Å². The Hall–Kier alpha value is -0.250. The first kappa shape index (κ1) is 18.8. The zero-order valence-electron chi connectivity index (χ0n) is 12.2. The molecule has 0 radical (unpaired) electrons. The SMILES string of the molecule is CCCC(F)CCCCCCCCSCCC(=O)O. The van der Waals surface area contributed by atoms with Gasteiger partial charge in [0, 0.05) is 5.75 Å². The molecule has 0 saturated heterocycles.